The molecular formula is C11H9N3S. The molecule has 3 nitrogen and oxygen atoms in total. The molecule has 0 atom stereocenters. The van der Waals surface area contributed by atoms with E-state index in [-0.39, 0.29) is 0 Å². The van der Waals surface area contributed by atoms with Gasteiger partial charge in [-0.2, -0.15) is 5.26 Å². The highest BCUT2D eigenvalue weighted by molar-refractivity contribution is 7.16. The average molecular weight is 215 g/mol. The third-order valence-corrected chi connectivity index (χ3v) is 3.48. The molecule has 0 amide bonds. The number of aromatic nitrogens is 1. The summed E-state index contributed by atoms with van der Waals surface area (Å²) in [5.41, 5.74) is 8.37. The molecule has 0 aliphatic heterocycles. The number of hydrogen-bond donors (Lipinski definition) is 1. The highest BCUT2D eigenvalue weighted by atomic mass is 32.1. The fourth-order valence-electron chi connectivity index (χ4n) is 1.38. The van der Waals surface area contributed by atoms with Crippen LogP contribution in [0.5, 0.6) is 0 Å². The average Bonchev–Trinajstić information content (AvgIpc) is 2.57. The van der Waals surface area contributed by atoms with Crippen molar-refractivity contribution in [2.24, 2.45) is 0 Å². The SMILES string of the molecule is Cc1c(-c2cccnc2)sc(C#N)c1N. The zero-order valence-corrected chi connectivity index (χ0v) is 9.01. The second-order valence-electron chi connectivity index (χ2n) is 3.15. The number of nitrogen functional groups attached to an aromatic ring is 1. The lowest BCUT2D eigenvalue weighted by molar-refractivity contribution is 1.33. The molecule has 0 radical (unpaired) electrons. The van der Waals surface area contributed by atoms with Gasteiger partial charge in [0.2, 0.25) is 0 Å². The van der Waals surface area contributed by atoms with E-state index in [0.29, 0.717) is 10.6 Å². The summed E-state index contributed by atoms with van der Waals surface area (Å²) in [6.45, 7) is 1.93. The van der Waals surface area contributed by atoms with Crippen molar-refractivity contribution >= 4 is 17.0 Å². The number of anilines is 1. The first kappa shape index (κ1) is 9.69. The number of rotatable bonds is 1. The minimum atomic E-state index is 0.575. The molecule has 0 fully saturated rings. The predicted molar refractivity (Wildman–Crippen MR) is 61.4 cm³/mol. The van der Waals surface area contributed by atoms with Crippen molar-refractivity contribution in [1.29, 1.82) is 5.26 Å². The molecule has 0 aliphatic carbocycles. The maximum absolute atomic E-state index is 8.87. The first-order valence-electron chi connectivity index (χ1n) is 4.43. The number of nitrogens with zero attached hydrogens (tertiary/aromatic N) is 2. The maximum Gasteiger partial charge on any atom is 0.128 e. The Morgan fingerprint density at radius 1 is 1.53 bits per heavy atom. The van der Waals surface area contributed by atoms with Crippen molar-refractivity contribution in [3.05, 3.63) is 35.0 Å². The molecule has 0 bridgehead atoms. The maximum atomic E-state index is 8.87. The molecule has 0 saturated heterocycles. The highest BCUT2D eigenvalue weighted by Crippen LogP contribution is 2.36. The van der Waals surface area contributed by atoms with Crippen molar-refractivity contribution in [3.63, 3.8) is 0 Å². The van der Waals surface area contributed by atoms with Gasteiger partial charge >= 0.3 is 0 Å². The van der Waals surface area contributed by atoms with Crippen LogP contribution in [0.1, 0.15) is 10.4 Å². The van der Waals surface area contributed by atoms with Gasteiger partial charge in [-0.25, -0.2) is 0 Å². The molecule has 74 valence electrons. The zero-order chi connectivity index (χ0) is 10.8. The Labute approximate surface area is 91.8 Å². The van der Waals surface area contributed by atoms with Gasteiger partial charge in [-0.05, 0) is 18.6 Å². The molecule has 0 unspecified atom stereocenters. The summed E-state index contributed by atoms with van der Waals surface area (Å²) in [5.74, 6) is 0. The Morgan fingerprint density at radius 3 is 2.87 bits per heavy atom. The van der Waals surface area contributed by atoms with Crippen LogP contribution in [0.3, 0.4) is 0 Å². The predicted octanol–water partition coefficient (Wildman–Crippen LogP) is 2.57. The largest absolute Gasteiger partial charge is 0.397 e. The minimum Gasteiger partial charge on any atom is -0.397 e. The first-order valence-corrected chi connectivity index (χ1v) is 5.25. The topological polar surface area (TPSA) is 62.7 Å². The number of nitriles is 1. The quantitative estimate of drug-likeness (QED) is 0.795. The van der Waals surface area contributed by atoms with Gasteiger partial charge in [0.15, 0.2) is 0 Å². The summed E-state index contributed by atoms with van der Waals surface area (Å²) >= 11 is 1.41. The molecule has 2 rings (SSSR count). The molecule has 2 aromatic heterocycles. The van der Waals surface area contributed by atoms with Gasteiger partial charge < -0.3 is 5.73 Å². The molecule has 2 heterocycles. The highest BCUT2D eigenvalue weighted by Gasteiger charge is 2.13. The van der Waals surface area contributed by atoms with Gasteiger partial charge in [0.25, 0.3) is 0 Å². The molecule has 0 aromatic carbocycles. The second-order valence-corrected chi connectivity index (χ2v) is 4.17. The molecule has 15 heavy (non-hydrogen) atoms. The van der Waals surface area contributed by atoms with E-state index in [2.05, 4.69) is 11.1 Å². The van der Waals surface area contributed by atoms with E-state index in [4.69, 9.17) is 11.0 Å². The monoisotopic (exact) mass is 215 g/mol. The minimum absolute atomic E-state index is 0.575. The van der Waals surface area contributed by atoms with Crippen LogP contribution in [0.25, 0.3) is 10.4 Å². The normalized spacial score (nSPS) is 9.87. The van der Waals surface area contributed by atoms with Crippen LogP contribution in [-0.4, -0.2) is 4.98 Å². The van der Waals surface area contributed by atoms with Gasteiger partial charge in [-0.15, -0.1) is 11.3 Å². The van der Waals surface area contributed by atoms with Gasteiger partial charge in [-0.1, -0.05) is 6.07 Å². The van der Waals surface area contributed by atoms with E-state index >= 15 is 0 Å². The summed E-state index contributed by atoms with van der Waals surface area (Å²) in [6, 6.07) is 5.94. The molecule has 2 N–H and O–H groups in total. The molecule has 2 aromatic rings. The summed E-state index contributed by atoms with van der Waals surface area (Å²) in [5, 5.41) is 8.87. The lowest BCUT2D eigenvalue weighted by atomic mass is 10.1. The zero-order valence-electron chi connectivity index (χ0n) is 8.19. The Kier molecular flexibility index (Phi) is 2.40. The van der Waals surface area contributed by atoms with Crippen LogP contribution in [0.2, 0.25) is 0 Å². The number of hydrogen-bond acceptors (Lipinski definition) is 4. The van der Waals surface area contributed by atoms with Gasteiger partial charge in [0.05, 0.1) is 5.69 Å². The Morgan fingerprint density at radius 2 is 2.33 bits per heavy atom. The molecule has 0 saturated carbocycles. The van der Waals surface area contributed by atoms with Crippen LogP contribution in [0.15, 0.2) is 24.5 Å². The Bertz CT molecular complexity index is 523. The van der Waals surface area contributed by atoms with Gasteiger partial charge in [0.1, 0.15) is 10.9 Å². The van der Waals surface area contributed by atoms with Crippen molar-refractivity contribution in [3.8, 4) is 16.5 Å². The van der Waals surface area contributed by atoms with E-state index in [1.54, 1.807) is 12.4 Å². The Balaban J connectivity index is 2.61. The third-order valence-electron chi connectivity index (χ3n) is 2.22. The third kappa shape index (κ3) is 1.58. The summed E-state index contributed by atoms with van der Waals surface area (Å²) in [4.78, 5) is 5.65. The van der Waals surface area contributed by atoms with Crippen LogP contribution < -0.4 is 5.73 Å². The summed E-state index contributed by atoms with van der Waals surface area (Å²) in [6.07, 6.45) is 3.50. The van der Waals surface area contributed by atoms with E-state index in [0.717, 1.165) is 16.0 Å². The summed E-state index contributed by atoms with van der Waals surface area (Å²) < 4.78 is 0. The molecular weight excluding hydrogens is 206 g/mol. The lowest BCUT2D eigenvalue weighted by Crippen LogP contribution is -1.87. The second kappa shape index (κ2) is 3.71. The fraction of sp³-hybridized carbons (Fsp3) is 0.0909. The van der Waals surface area contributed by atoms with Crippen LogP contribution in [0.4, 0.5) is 5.69 Å². The van der Waals surface area contributed by atoms with Crippen molar-refractivity contribution in [2.45, 2.75) is 6.92 Å². The summed E-state index contributed by atoms with van der Waals surface area (Å²) in [7, 11) is 0. The number of nitrogens with two attached hydrogens (primary N) is 1. The first-order chi connectivity index (χ1) is 7.24. The van der Waals surface area contributed by atoms with E-state index < -0.39 is 0 Å². The molecule has 0 spiro atoms. The lowest BCUT2D eigenvalue weighted by Gasteiger charge is -1.97. The van der Waals surface area contributed by atoms with Crippen molar-refractivity contribution in [1.82, 2.24) is 4.98 Å². The fourth-order valence-corrected chi connectivity index (χ4v) is 2.40. The van der Waals surface area contributed by atoms with E-state index in [9.17, 15) is 0 Å². The van der Waals surface area contributed by atoms with Gasteiger partial charge in [0, 0.05) is 22.8 Å². The Hall–Kier alpha value is -1.86. The number of thiophene rings is 1. The van der Waals surface area contributed by atoms with Crippen LogP contribution in [0, 0.1) is 18.3 Å². The van der Waals surface area contributed by atoms with Crippen molar-refractivity contribution < 1.29 is 0 Å². The number of pyridine rings is 1. The van der Waals surface area contributed by atoms with Crippen molar-refractivity contribution in [2.75, 3.05) is 5.73 Å². The molecule has 0 aliphatic rings. The molecule has 4 heteroatoms. The van der Waals surface area contributed by atoms with Crippen LogP contribution in [-0.2, 0) is 0 Å². The van der Waals surface area contributed by atoms with E-state index in [1.165, 1.54) is 11.3 Å². The smallest absolute Gasteiger partial charge is 0.128 e. The van der Waals surface area contributed by atoms with Crippen LogP contribution >= 0.6 is 11.3 Å². The van der Waals surface area contributed by atoms with Gasteiger partial charge in [-0.3, -0.25) is 4.98 Å². The van der Waals surface area contributed by atoms with E-state index in [1.807, 2.05) is 19.1 Å². The standard InChI is InChI=1S/C11H9N3S/c1-7-10(13)9(5-12)15-11(7)8-3-2-4-14-6-8/h2-4,6H,13H2,1H3.